The van der Waals surface area contributed by atoms with Crippen LogP contribution in [0.15, 0.2) is 39.9 Å². The molecule has 2 rings (SSSR count). The van der Waals surface area contributed by atoms with E-state index in [0.717, 1.165) is 21.4 Å². The number of guanidine groups is 1. The van der Waals surface area contributed by atoms with E-state index in [1.165, 1.54) is 0 Å². The minimum absolute atomic E-state index is 0.0456. The molecule has 0 aliphatic heterocycles. The second-order valence-corrected chi connectivity index (χ2v) is 6.47. The Balaban J connectivity index is 1.75. The lowest BCUT2D eigenvalue weighted by atomic mass is 10.2. The standard InChI is InChI=1S/C17H23BrN6O/c1-12-4-5-13(18)10-15(12)23-16(25)7-8-20-17(19-2)21-11-14-6-9-22-24(14)3/h4-6,9-10H,7-8,11H2,1-3H3,(H,23,25)(H2,19,20,21). The van der Waals surface area contributed by atoms with Gasteiger partial charge >= 0.3 is 0 Å². The highest BCUT2D eigenvalue weighted by atomic mass is 79.9. The van der Waals surface area contributed by atoms with Gasteiger partial charge < -0.3 is 16.0 Å². The summed E-state index contributed by atoms with van der Waals surface area (Å²) in [4.78, 5) is 16.2. The van der Waals surface area contributed by atoms with Gasteiger partial charge in [-0.05, 0) is 30.7 Å². The number of carbonyl (C=O) groups excluding carboxylic acids is 1. The first kappa shape index (κ1) is 19.0. The van der Waals surface area contributed by atoms with Crippen LogP contribution in [0.25, 0.3) is 0 Å². The lowest BCUT2D eigenvalue weighted by Crippen LogP contribution is -2.38. The predicted octanol–water partition coefficient (Wildman–Crippen LogP) is 2.18. The fourth-order valence-corrected chi connectivity index (χ4v) is 2.57. The number of benzene rings is 1. The molecule has 0 aliphatic carbocycles. The summed E-state index contributed by atoms with van der Waals surface area (Å²) in [5.41, 5.74) is 2.89. The van der Waals surface area contributed by atoms with E-state index < -0.39 is 0 Å². The number of halogens is 1. The van der Waals surface area contributed by atoms with Crippen LogP contribution in [-0.4, -0.2) is 35.2 Å². The minimum atomic E-state index is -0.0456. The molecule has 0 saturated heterocycles. The van der Waals surface area contributed by atoms with E-state index in [1.807, 2.05) is 38.2 Å². The summed E-state index contributed by atoms with van der Waals surface area (Å²) in [6, 6.07) is 7.75. The maximum Gasteiger partial charge on any atom is 0.226 e. The van der Waals surface area contributed by atoms with Gasteiger partial charge in [0.25, 0.3) is 0 Å². The van der Waals surface area contributed by atoms with Crippen LogP contribution in [0, 0.1) is 6.92 Å². The molecule has 0 aliphatic rings. The third kappa shape index (κ3) is 5.90. The topological polar surface area (TPSA) is 83.3 Å². The Kier molecular flexibility index (Phi) is 7.00. The van der Waals surface area contributed by atoms with Gasteiger partial charge in [-0.3, -0.25) is 14.5 Å². The number of hydrogen-bond acceptors (Lipinski definition) is 3. The van der Waals surface area contributed by atoms with Gasteiger partial charge in [-0.25, -0.2) is 0 Å². The molecule has 0 spiro atoms. The number of carbonyl (C=O) groups is 1. The molecule has 1 aromatic carbocycles. The Morgan fingerprint density at radius 3 is 2.80 bits per heavy atom. The van der Waals surface area contributed by atoms with E-state index in [0.29, 0.717) is 25.5 Å². The second kappa shape index (κ2) is 9.22. The molecule has 7 nitrogen and oxygen atoms in total. The molecule has 0 bridgehead atoms. The van der Waals surface area contributed by atoms with Crippen molar-refractivity contribution in [1.29, 1.82) is 0 Å². The third-order valence-corrected chi connectivity index (χ3v) is 4.19. The maximum atomic E-state index is 12.1. The van der Waals surface area contributed by atoms with Crippen LogP contribution in [0.5, 0.6) is 0 Å². The first-order chi connectivity index (χ1) is 12.0. The fourth-order valence-electron chi connectivity index (χ4n) is 2.21. The summed E-state index contributed by atoms with van der Waals surface area (Å²) in [7, 11) is 3.59. The molecule has 1 amide bonds. The molecular weight excluding hydrogens is 384 g/mol. The average molecular weight is 407 g/mol. The van der Waals surface area contributed by atoms with Crippen LogP contribution in [0.1, 0.15) is 17.7 Å². The summed E-state index contributed by atoms with van der Waals surface area (Å²) in [5, 5.41) is 13.4. The summed E-state index contributed by atoms with van der Waals surface area (Å²) in [5.74, 6) is 0.600. The zero-order chi connectivity index (χ0) is 18.2. The van der Waals surface area contributed by atoms with Crippen molar-refractivity contribution >= 4 is 33.5 Å². The summed E-state index contributed by atoms with van der Waals surface area (Å²) < 4.78 is 2.74. The van der Waals surface area contributed by atoms with Gasteiger partial charge in [0.15, 0.2) is 5.96 Å². The van der Waals surface area contributed by atoms with E-state index in [2.05, 4.69) is 42.0 Å². The third-order valence-electron chi connectivity index (χ3n) is 3.70. The van der Waals surface area contributed by atoms with Crippen molar-refractivity contribution in [2.24, 2.45) is 12.0 Å². The van der Waals surface area contributed by atoms with Crippen LogP contribution < -0.4 is 16.0 Å². The number of nitrogens with one attached hydrogen (secondary N) is 3. The quantitative estimate of drug-likeness (QED) is 0.507. The van der Waals surface area contributed by atoms with Crippen molar-refractivity contribution in [3.05, 3.63) is 46.2 Å². The fraction of sp³-hybridized carbons (Fsp3) is 0.353. The van der Waals surface area contributed by atoms with Crippen molar-refractivity contribution in [3.8, 4) is 0 Å². The Bertz CT molecular complexity index is 755. The van der Waals surface area contributed by atoms with E-state index in [4.69, 9.17) is 0 Å². The zero-order valence-corrected chi connectivity index (χ0v) is 16.2. The smallest absolute Gasteiger partial charge is 0.226 e. The van der Waals surface area contributed by atoms with Gasteiger partial charge in [-0.2, -0.15) is 5.10 Å². The number of nitrogens with zero attached hydrogens (tertiary/aromatic N) is 3. The van der Waals surface area contributed by atoms with Crippen molar-refractivity contribution in [2.75, 3.05) is 18.9 Å². The minimum Gasteiger partial charge on any atom is -0.356 e. The summed E-state index contributed by atoms with van der Waals surface area (Å²) in [6.07, 6.45) is 2.10. The van der Waals surface area contributed by atoms with Crippen LogP contribution >= 0.6 is 15.9 Å². The van der Waals surface area contributed by atoms with Crippen LogP contribution in [0.4, 0.5) is 5.69 Å². The molecule has 0 atom stereocenters. The lowest BCUT2D eigenvalue weighted by molar-refractivity contribution is -0.116. The molecule has 1 aromatic heterocycles. The van der Waals surface area contributed by atoms with E-state index in [-0.39, 0.29) is 5.91 Å². The van der Waals surface area contributed by atoms with Crippen LogP contribution in [0.2, 0.25) is 0 Å². The number of aryl methyl sites for hydroxylation is 2. The van der Waals surface area contributed by atoms with Gasteiger partial charge in [-0.1, -0.05) is 22.0 Å². The highest BCUT2D eigenvalue weighted by Gasteiger charge is 2.06. The summed E-state index contributed by atoms with van der Waals surface area (Å²) >= 11 is 3.41. The first-order valence-corrected chi connectivity index (χ1v) is 8.76. The SMILES string of the molecule is CN=C(NCCC(=O)Nc1cc(Br)ccc1C)NCc1ccnn1C. The Morgan fingerprint density at radius 1 is 1.32 bits per heavy atom. The molecule has 2 aromatic rings. The molecule has 0 radical (unpaired) electrons. The van der Waals surface area contributed by atoms with Crippen LogP contribution in [-0.2, 0) is 18.4 Å². The number of rotatable bonds is 6. The molecular formula is C17H23BrN6O. The number of aliphatic imine (C=N–C) groups is 1. The Morgan fingerprint density at radius 2 is 2.12 bits per heavy atom. The molecule has 134 valence electrons. The van der Waals surface area contributed by atoms with Gasteiger partial charge in [0.1, 0.15) is 0 Å². The average Bonchev–Trinajstić information content (AvgIpc) is 2.99. The maximum absolute atomic E-state index is 12.1. The van der Waals surface area contributed by atoms with Crippen molar-refractivity contribution in [3.63, 3.8) is 0 Å². The molecule has 1 heterocycles. The number of hydrogen-bond donors (Lipinski definition) is 3. The zero-order valence-electron chi connectivity index (χ0n) is 14.6. The van der Waals surface area contributed by atoms with E-state index in [9.17, 15) is 4.79 Å². The highest BCUT2D eigenvalue weighted by Crippen LogP contribution is 2.20. The van der Waals surface area contributed by atoms with Gasteiger partial charge in [0.05, 0.1) is 12.2 Å². The number of aromatic nitrogens is 2. The van der Waals surface area contributed by atoms with Gasteiger partial charge in [0.2, 0.25) is 5.91 Å². The van der Waals surface area contributed by atoms with Crippen molar-refractivity contribution in [2.45, 2.75) is 19.9 Å². The van der Waals surface area contributed by atoms with Crippen molar-refractivity contribution < 1.29 is 4.79 Å². The Hall–Kier alpha value is -2.35. The summed E-state index contributed by atoms with van der Waals surface area (Å²) in [6.45, 7) is 3.06. The van der Waals surface area contributed by atoms with Crippen molar-refractivity contribution in [1.82, 2.24) is 20.4 Å². The highest BCUT2D eigenvalue weighted by molar-refractivity contribution is 9.10. The first-order valence-electron chi connectivity index (χ1n) is 7.97. The molecule has 0 unspecified atom stereocenters. The molecule has 0 fully saturated rings. The van der Waals surface area contributed by atoms with E-state index in [1.54, 1.807) is 17.9 Å². The largest absolute Gasteiger partial charge is 0.356 e. The molecule has 3 N–H and O–H groups in total. The molecule has 0 saturated carbocycles. The molecule has 25 heavy (non-hydrogen) atoms. The van der Waals surface area contributed by atoms with Gasteiger partial charge in [-0.15, -0.1) is 0 Å². The van der Waals surface area contributed by atoms with Gasteiger partial charge in [0, 0.05) is 43.4 Å². The second-order valence-electron chi connectivity index (χ2n) is 5.56. The molecule has 8 heteroatoms. The lowest BCUT2D eigenvalue weighted by Gasteiger charge is -2.12. The number of anilines is 1. The van der Waals surface area contributed by atoms with E-state index >= 15 is 0 Å². The number of amides is 1. The van der Waals surface area contributed by atoms with Crippen LogP contribution in [0.3, 0.4) is 0 Å². The predicted molar refractivity (Wildman–Crippen MR) is 104 cm³/mol. The monoisotopic (exact) mass is 406 g/mol. The Labute approximate surface area is 156 Å². The normalized spacial score (nSPS) is 11.3.